The van der Waals surface area contributed by atoms with Crippen molar-refractivity contribution >= 4 is 65.9 Å². The normalized spacial score (nSPS) is 10.6. The average Bonchev–Trinajstić information content (AvgIpc) is 2.95. The monoisotopic (exact) mass is 453 g/mol. The summed E-state index contributed by atoms with van der Waals surface area (Å²) in [7, 11) is 1.50. The molecule has 0 atom stereocenters. The lowest BCUT2D eigenvalue weighted by Gasteiger charge is -2.13. The number of ether oxygens (including phenoxy) is 1. The van der Waals surface area contributed by atoms with Crippen molar-refractivity contribution < 1.29 is 13.9 Å². The van der Waals surface area contributed by atoms with Crippen molar-refractivity contribution in [1.29, 1.82) is 0 Å². The number of nitrogens with zero attached hydrogens (tertiary/aromatic N) is 1. The second-order valence-corrected chi connectivity index (χ2v) is 7.70. The van der Waals surface area contributed by atoms with Crippen molar-refractivity contribution in [2.45, 2.75) is 6.92 Å². The van der Waals surface area contributed by atoms with Gasteiger partial charge in [0.05, 0.1) is 22.9 Å². The number of carbonyl (C=O) groups is 1. The number of thiazole rings is 1. The van der Waals surface area contributed by atoms with E-state index >= 15 is 0 Å². The zero-order valence-corrected chi connectivity index (χ0v) is 16.9. The van der Waals surface area contributed by atoms with Crippen molar-refractivity contribution in [3.63, 3.8) is 0 Å². The molecule has 134 valence electrons. The summed E-state index contributed by atoms with van der Waals surface area (Å²) in [6.45, 7) is 1.84. The van der Waals surface area contributed by atoms with Crippen LogP contribution < -0.4 is 15.4 Å². The number of carbonyl (C=O) groups excluding carboxylic acids is 1. The van der Waals surface area contributed by atoms with Crippen molar-refractivity contribution in [1.82, 2.24) is 10.3 Å². The molecule has 0 bridgehead atoms. The second kappa shape index (κ2) is 7.65. The molecule has 0 radical (unpaired) electrons. The van der Waals surface area contributed by atoms with E-state index in [1.54, 1.807) is 12.1 Å². The predicted molar refractivity (Wildman–Crippen MR) is 109 cm³/mol. The molecule has 0 aliphatic rings. The highest BCUT2D eigenvalue weighted by molar-refractivity contribution is 9.10. The van der Waals surface area contributed by atoms with Crippen LogP contribution in [0.4, 0.5) is 9.52 Å². The Labute approximate surface area is 166 Å². The van der Waals surface area contributed by atoms with Gasteiger partial charge in [-0.25, -0.2) is 9.37 Å². The van der Waals surface area contributed by atoms with E-state index < -0.39 is 5.91 Å². The van der Waals surface area contributed by atoms with E-state index in [4.69, 9.17) is 17.0 Å². The van der Waals surface area contributed by atoms with Crippen LogP contribution in [0.2, 0.25) is 0 Å². The zero-order chi connectivity index (χ0) is 18.8. The third-order valence-electron chi connectivity index (χ3n) is 3.49. The van der Waals surface area contributed by atoms with Gasteiger partial charge in [-0.05, 0) is 55.0 Å². The van der Waals surface area contributed by atoms with Crippen LogP contribution in [-0.2, 0) is 0 Å². The summed E-state index contributed by atoms with van der Waals surface area (Å²) < 4.78 is 20.0. The second-order valence-electron chi connectivity index (χ2n) is 5.34. The molecule has 0 unspecified atom stereocenters. The minimum absolute atomic E-state index is 0.0919. The molecule has 1 heterocycles. The number of amides is 1. The fourth-order valence-corrected chi connectivity index (χ4v) is 4.14. The van der Waals surface area contributed by atoms with Gasteiger partial charge in [-0.2, -0.15) is 0 Å². The van der Waals surface area contributed by atoms with Crippen LogP contribution in [0.25, 0.3) is 10.2 Å². The number of rotatable bonds is 3. The largest absolute Gasteiger partial charge is 0.496 e. The summed E-state index contributed by atoms with van der Waals surface area (Å²) in [4.78, 5) is 16.8. The van der Waals surface area contributed by atoms with E-state index in [1.165, 1.54) is 30.6 Å². The molecule has 0 saturated carbocycles. The molecule has 5 nitrogen and oxygen atoms in total. The summed E-state index contributed by atoms with van der Waals surface area (Å²) in [5.74, 6) is -0.263. The van der Waals surface area contributed by atoms with Crippen molar-refractivity contribution in [2.24, 2.45) is 0 Å². The fraction of sp³-hybridized carbons (Fsp3) is 0.118. The number of thiocarbonyl (C=S) groups is 1. The molecule has 1 aromatic heterocycles. The SMILES string of the molecule is COc1c(C)cc(Br)cc1C(=O)NC(=S)Nc1nc2ccc(F)cc2s1. The minimum Gasteiger partial charge on any atom is -0.496 e. The standard InChI is InChI=1S/C17H13BrFN3O2S2/c1-8-5-9(18)6-11(14(8)24-2)15(23)21-16(25)22-17-20-12-4-3-10(19)7-13(12)26-17/h3-7H,1-2H3,(H2,20,21,22,23,25). The number of hydrogen-bond acceptors (Lipinski definition) is 5. The van der Waals surface area contributed by atoms with Gasteiger partial charge in [-0.1, -0.05) is 27.3 Å². The molecule has 0 saturated heterocycles. The number of aromatic nitrogens is 1. The summed E-state index contributed by atoms with van der Waals surface area (Å²) in [6.07, 6.45) is 0. The molecule has 0 fully saturated rings. The molecule has 0 aliphatic heterocycles. The predicted octanol–water partition coefficient (Wildman–Crippen LogP) is 4.64. The number of methoxy groups -OCH3 is 1. The maximum atomic E-state index is 13.3. The number of fused-ring (bicyclic) bond motifs is 1. The number of aryl methyl sites for hydroxylation is 1. The first-order chi connectivity index (χ1) is 12.4. The Morgan fingerprint density at radius 2 is 2.12 bits per heavy atom. The molecule has 3 rings (SSSR count). The molecular weight excluding hydrogens is 441 g/mol. The van der Waals surface area contributed by atoms with E-state index in [0.29, 0.717) is 26.7 Å². The Bertz CT molecular complexity index is 1020. The van der Waals surface area contributed by atoms with Gasteiger partial charge in [0.2, 0.25) is 0 Å². The van der Waals surface area contributed by atoms with Gasteiger partial charge in [-0.3, -0.25) is 10.1 Å². The van der Waals surface area contributed by atoms with Crippen LogP contribution in [0.1, 0.15) is 15.9 Å². The Balaban J connectivity index is 1.76. The van der Waals surface area contributed by atoms with Gasteiger partial charge in [0.1, 0.15) is 11.6 Å². The maximum Gasteiger partial charge on any atom is 0.261 e. The summed E-state index contributed by atoms with van der Waals surface area (Å²) in [5, 5.41) is 6.01. The molecule has 0 aliphatic carbocycles. The van der Waals surface area contributed by atoms with E-state index in [1.807, 2.05) is 13.0 Å². The first kappa shape index (κ1) is 18.7. The number of anilines is 1. The summed E-state index contributed by atoms with van der Waals surface area (Å²) in [6, 6.07) is 7.84. The third kappa shape index (κ3) is 4.00. The molecule has 0 spiro atoms. The molecule has 9 heteroatoms. The van der Waals surface area contributed by atoms with Crippen LogP contribution in [0.15, 0.2) is 34.8 Å². The van der Waals surface area contributed by atoms with Crippen molar-refractivity contribution in [3.8, 4) is 5.75 Å². The van der Waals surface area contributed by atoms with Gasteiger partial charge in [0.25, 0.3) is 5.91 Å². The van der Waals surface area contributed by atoms with Gasteiger partial charge >= 0.3 is 0 Å². The van der Waals surface area contributed by atoms with Crippen LogP contribution in [0, 0.1) is 12.7 Å². The topological polar surface area (TPSA) is 63.2 Å². The fourth-order valence-electron chi connectivity index (χ4n) is 2.42. The Kier molecular flexibility index (Phi) is 5.49. The lowest BCUT2D eigenvalue weighted by atomic mass is 10.1. The maximum absolute atomic E-state index is 13.3. The van der Waals surface area contributed by atoms with E-state index in [9.17, 15) is 9.18 Å². The molecule has 1 amide bonds. The highest BCUT2D eigenvalue weighted by Gasteiger charge is 2.17. The van der Waals surface area contributed by atoms with E-state index in [-0.39, 0.29) is 10.9 Å². The number of hydrogen-bond donors (Lipinski definition) is 2. The quantitative estimate of drug-likeness (QED) is 0.565. The molecule has 2 aromatic carbocycles. The van der Waals surface area contributed by atoms with Gasteiger partial charge in [0.15, 0.2) is 10.2 Å². The smallest absolute Gasteiger partial charge is 0.261 e. The number of nitrogens with one attached hydrogen (secondary N) is 2. The van der Waals surface area contributed by atoms with Crippen LogP contribution in [-0.4, -0.2) is 23.1 Å². The minimum atomic E-state index is -0.407. The Hall–Kier alpha value is -2.10. The molecular formula is C17H13BrFN3O2S2. The Morgan fingerprint density at radius 3 is 2.85 bits per heavy atom. The van der Waals surface area contributed by atoms with E-state index in [0.717, 1.165) is 10.0 Å². The van der Waals surface area contributed by atoms with Gasteiger partial charge in [0, 0.05) is 4.47 Å². The number of halogens is 2. The van der Waals surface area contributed by atoms with E-state index in [2.05, 4.69) is 31.5 Å². The van der Waals surface area contributed by atoms with Crippen molar-refractivity contribution in [2.75, 3.05) is 12.4 Å². The lowest BCUT2D eigenvalue weighted by molar-refractivity contribution is 0.0974. The number of benzene rings is 2. The molecule has 3 aromatic rings. The first-order valence-electron chi connectivity index (χ1n) is 7.40. The van der Waals surface area contributed by atoms with Crippen LogP contribution in [0.3, 0.4) is 0 Å². The molecule has 26 heavy (non-hydrogen) atoms. The summed E-state index contributed by atoms with van der Waals surface area (Å²) in [5.41, 5.74) is 1.83. The highest BCUT2D eigenvalue weighted by atomic mass is 79.9. The highest BCUT2D eigenvalue weighted by Crippen LogP contribution is 2.28. The third-order valence-corrected chi connectivity index (χ3v) is 5.08. The zero-order valence-electron chi connectivity index (χ0n) is 13.7. The average molecular weight is 454 g/mol. The molecule has 2 N–H and O–H groups in total. The van der Waals surface area contributed by atoms with Crippen molar-refractivity contribution in [3.05, 3.63) is 51.7 Å². The van der Waals surface area contributed by atoms with Crippen LogP contribution >= 0.6 is 39.5 Å². The van der Waals surface area contributed by atoms with Crippen LogP contribution in [0.5, 0.6) is 5.75 Å². The first-order valence-corrected chi connectivity index (χ1v) is 9.41. The Morgan fingerprint density at radius 1 is 1.35 bits per heavy atom. The van der Waals surface area contributed by atoms with Gasteiger partial charge in [-0.15, -0.1) is 0 Å². The lowest BCUT2D eigenvalue weighted by Crippen LogP contribution is -2.34. The summed E-state index contributed by atoms with van der Waals surface area (Å²) >= 11 is 9.79. The van der Waals surface area contributed by atoms with Gasteiger partial charge < -0.3 is 10.1 Å².